The molecule has 1 aromatic carbocycles. The van der Waals surface area contributed by atoms with Crippen molar-refractivity contribution < 1.29 is 9.53 Å². The van der Waals surface area contributed by atoms with Crippen LogP contribution >= 0.6 is 22.6 Å². The van der Waals surface area contributed by atoms with Crippen LogP contribution in [-0.2, 0) is 4.79 Å². The van der Waals surface area contributed by atoms with Crippen molar-refractivity contribution in [3.05, 3.63) is 51.7 Å². The van der Waals surface area contributed by atoms with Crippen LogP contribution in [0.25, 0.3) is 0 Å². The Kier molecular flexibility index (Phi) is 4.73. The lowest BCUT2D eigenvalue weighted by Gasteiger charge is -2.08. The summed E-state index contributed by atoms with van der Waals surface area (Å²) in [5.74, 6) is 1.02. The molecule has 0 unspecified atom stereocenters. The summed E-state index contributed by atoms with van der Waals surface area (Å²) >= 11 is 2.21. The van der Waals surface area contributed by atoms with Gasteiger partial charge in [0.25, 0.3) is 5.91 Å². The van der Waals surface area contributed by atoms with E-state index in [1.165, 1.54) is 0 Å². The van der Waals surface area contributed by atoms with E-state index < -0.39 is 0 Å². The van der Waals surface area contributed by atoms with Gasteiger partial charge in [0.2, 0.25) is 0 Å². The van der Waals surface area contributed by atoms with Gasteiger partial charge in [-0.2, -0.15) is 0 Å². The van der Waals surface area contributed by atoms with Crippen LogP contribution in [0.15, 0.2) is 42.6 Å². The number of hydrogen-bond acceptors (Lipinski definition) is 3. The van der Waals surface area contributed by atoms with E-state index in [1.54, 1.807) is 6.20 Å². The molecule has 0 aliphatic heterocycles. The summed E-state index contributed by atoms with van der Waals surface area (Å²) in [7, 11) is 0. The number of amides is 1. The number of nitrogens with one attached hydrogen (secondary N) is 1. The standard InChI is InChI=1S/C14H13IN2O2/c1-10-3-2-8-16-14(10)17-13(18)9-19-12-6-4-11(15)5-7-12/h2-8H,9H2,1H3,(H,16,17,18). The van der Waals surface area contributed by atoms with Gasteiger partial charge in [-0.15, -0.1) is 0 Å². The fraction of sp³-hybridized carbons (Fsp3) is 0.143. The van der Waals surface area contributed by atoms with Crippen LogP contribution in [0.2, 0.25) is 0 Å². The van der Waals surface area contributed by atoms with E-state index in [1.807, 2.05) is 43.3 Å². The number of hydrogen-bond donors (Lipinski definition) is 1. The minimum Gasteiger partial charge on any atom is -0.484 e. The van der Waals surface area contributed by atoms with Crippen molar-refractivity contribution in [1.82, 2.24) is 4.98 Å². The molecular weight excluding hydrogens is 355 g/mol. The van der Waals surface area contributed by atoms with E-state index in [0.29, 0.717) is 11.6 Å². The number of ether oxygens (including phenoxy) is 1. The molecule has 0 saturated carbocycles. The number of carbonyl (C=O) groups is 1. The first-order chi connectivity index (χ1) is 9.15. The molecule has 2 rings (SSSR count). The first-order valence-electron chi connectivity index (χ1n) is 5.75. The maximum Gasteiger partial charge on any atom is 0.263 e. The van der Waals surface area contributed by atoms with Gasteiger partial charge in [0.15, 0.2) is 6.61 Å². The average Bonchev–Trinajstić information content (AvgIpc) is 2.41. The fourth-order valence-corrected chi connectivity index (χ4v) is 1.82. The SMILES string of the molecule is Cc1cccnc1NC(=O)COc1ccc(I)cc1. The molecule has 0 aliphatic carbocycles. The summed E-state index contributed by atoms with van der Waals surface area (Å²) in [6.07, 6.45) is 1.64. The minimum atomic E-state index is -0.222. The zero-order chi connectivity index (χ0) is 13.7. The van der Waals surface area contributed by atoms with E-state index in [-0.39, 0.29) is 12.5 Å². The monoisotopic (exact) mass is 368 g/mol. The van der Waals surface area contributed by atoms with Crippen molar-refractivity contribution in [3.63, 3.8) is 0 Å². The minimum absolute atomic E-state index is 0.0311. The van der Waals surface area contributed by atoms with E-state index in [4.69, 9.17) is 4.74 Å². The van der Waals surface area contributed by atoms with Crippen LogP contribution in [0.5, 0.6) is 5.75 Å². The maximum atomic E-state index is 11.7. The zero-order valence-electron chi connectivity index (χ0n) is 10.4. The molecule has 4 nitrogen and oxygen atoms in total. The molecule has 2 aromatic rings. The Balaban J connectivity index is 1.88. The molecule has 0 aliphatic rings. The number of nitrogens with zero attached hydrogens (tertiary/aromatic N) is 1. The van der Waals surface area contributed by atoms with Crippen LogP contribution in [-0.4, -0.2) is 17.5 Å². The predicted octanol–water partition coefficient (Wildman–Crippen LogP) is 3.01. The van der Waals surface area contributed by atoms with E-state index in [9.17, 15) is 4.79 Å². The molecular formula is C14H13IN2O2. The Labute approximate surface area is 125 Å². The summed E-state index contributed by atoms with van der Waals surface area (Å²) in [5, 5.41) is 2.72. The number of aryl methyl sites for hydroxylation is 1. The van der Waals surface area contributed by atoms with Crippen LogP contribution in [0, 0.1) is 10.5 Å². The highest BCUT2D eigenvalue weighted by Crippen LogP contribution is 2.14. The molecule has 0 fully saturated rings. The highest BCUT2D eigenvalue weighted by atomic mass is 127. The second kappa shape index (κ2) is 6.51. The Morgan fingerprint density at radius 3 is 2.74 bits per heavy atom. The summed E-state index contributed by atoms with van der Waals surface area (Å²) in [5.41, 5.74) is 0.921. The number of aromatic nitrogens is 1. The van der Waals surface area contributed by atoms with Gasteiger partial charge >= 0.3 is 0 Å². The molecule has 0 atom stereocenters. The third-order valence-electron chi connectivity index (χ3n) is 2.45. The largest absolute Gasteiger partial charge is 0.484 e. The Bertz CT molecular complexity index is 570. The van der Waals surface area contributed by atoms with Gasteiger partial charge in [-0.1, -0.05) is 6.07 Å². The third kappa shape index (κ3) is 4.20. The second-order valence-electron chi connectivity index (χ2n) is 3.96. The van der Waals surface area contributed by atoms with Crippen LogP contribution in [0.4, 0.5) is 5.82 Å². The van der Waals surface area contributed by atoms with Gasteiger partial charge in [-0.05, 0) is 65.4 Å². The molecule has 1 aromatic heterocycles. The first-order valence-corrected chi connectivity index (χ1v) is 6.83. The van der Waals surface area contributed by atoms with Crippen LogP contribution in [0.3, 0.4) is 0 Å². The molecule has 1 heterocycles. The lowest BCUT2D eigenvalue weighted by Crippen LogP contribution is -2.21. The summed E-state index contributed by atoms with van der Waals surface area (Å²) in [6, 6.07) is 11.2. The first kappa shape index (κ1) is 13.8. The van der Waals surface area contributed by atoms with Gasteiger partial charge < -0.3 is 10.1 Å². The van der Waals surface area contributed by atoms with Gasteiger partial charge in [-0.3, -0.25) is 4.79 Å². The molecule has 98 valence electrons. The quantitative estimate of drug-likeness (QED) is 0.845. The highest BCUT2D eigenvalue weighted by molar-refractivity contribution is 14.1. The van der Waals surface area contributed by atoms with Crippen molar-refractivity contribution in [2.24, 2.45) is 0 Å². The molecule has 1 N–H and O–H groups in total. The van der Waals surface area contributed by atoms with Gasteiger partial charge in [0.05, 0.1) is 0 Å². The molecule has 19 heavy (non-hydrogen) atoms. The van der Waals surface area contributed by atoms with E-state index in [0.717, 1.165) is 9.13 Å². The smallest absolute Gasteiger partial charge is 0.263 e. The molecule has 0 bridgehead atoms. The zero-order valence-corrected chi connectivity index (χ0v) is 12.5. The number of anilines is 1. The van der Waals surface area contributed by atoms with Crippen LogP contribution in [0.1, 0.15) is 5.56 Å². The molecule has 0 saturated heterocycles. The molecule has 1 amide bonds. The van der Waals surface area contributed by atoms with Crippen molar-refractivity contribution in [1.29, 1.82) is 0 Å². The number of halogens is 1. The van der Waals surface area contributed by atoms with Crippen LogP contribution < -0.4 is 10.1 Å². The van der Waals surface area contributed by atoms with E-state index >= 15 is 0 Å². The van der Waals surface area contributed by atoms with Crippen molar-refractivity contribution >= 4 is 34.3 Å². The van der Waals surface area contributed by atoms with Gasteiger partial charge in [0, 0.05) is 9.77 Å². The third-order valence-corrected chi connectivity index (χ3v) is 3.17. The molecule has 5 heteroatoms. The average molecular weight is 368 g/mol. The Morgan fingerprint density at radius 2 is 2.05 bits per heavy atom. The molecule has 0 radical (unpaired) electrons. The van der Waals surface area contributed by atoms with Crippen molar-refractivity contribution in [2.45, 2.75) is 6.92 Å². The number of rotatable bonds is 4. The van der Waals surface area contributed by atoms with E-state index in [2.05, 4.69) is 32.9 Å². The van der Waals surface area contributed by atoms with Crippen molar-refractivity contribution in [2.75, 3.05) is 11.9 Å². The lowest BCUT2D eigenvalue weighted by atomic mass is 10.3. The fourth-order valence-electron chi connectivity index (χ4n) is 1.46. The summed E-state index contributed by atoms with van der Waals surface area (Å²) in [6.45, 7) is 1.86. The number of carbonyl (C=O) groups excluding carboxylic acids is 1. The Morgan fingerprint density at radius 1 is 1.32 bits per heavy atom. The van der Waals surface area contributed by atoms with Gasteiger partial charge in [0.1, 0.15) is 11.6 Å². The lowest BCUT2D eigenvalue weighted by molar-refractivity contribution is -0.118. The highest BCUT2D eigenvalue weighted by Gasteiger charge is 2.06. The van der Waals surface area contributed by atoms with Gasteiger partial charge in [-0.25, -0.2) is 4.98 Å². The summed E-state index contributed by atoms with van der Waals surface area (Å²) < 4.78 is 6.52. The summed E-state index contributed by atoms with van der Waals surface area (Å²) in [4.78, 5) is 15.8. The number of benzene rings is 1. The Hall–Kier alpha value is -1.63. The normalized spacial score (nSPS) is 10.0. The maximum absolute atomic E-state index is 11.7. The van der Waals surface area contributed by atoms with Crippen molar-refractivity contribution in [3.8, 4) is 5.75 Å². The molecule has 0 spiro atoms. The number of pyridine rings is 1. The second-order valence-corrected chi connectivity index (χ2v) is 5.21. The topological polar surface area (TPSA) is 51.2 Å². The predicted molar refractivity (Wildman–Crippen MR) is 82.3 cm³/mol.